The van der Waals surface area contributed by atoms with Crippen LogP contribution in [-0.4, -0.2) is 36.6 Å². The van der Waals surface area contributed by atoms with Crippen LogP contribution >= 0.6 is 0 Å². The van der Waals surface area contributed by atoms with Gasteiger partial charge < -0.3 is 14.2 Å². The molecule has 3 atom stereocenters. The summed E-state index contributed by atoms with van der Waals surface area (Å²) in [5, 5.41) is 0. The van der Waals surface area contributed by atoms with Gasteiger partial charge >= 0.3 is 0 Å². The zero-order chi connectivity index (χ0) is 10.9. The highest BCUT2D eigenvalue weighted by molar-refractivity contribution is 5.27. The normalized spacial score (nSPS) is 56.0. The molecule has 0 radical (unpaired) electrons. The predicted octanol–water partition coefficient (Wildman–Crippen LogP) is 1.75. The van der Waals surface area contributed by atoms with Gasteiger partial charge in [0.2, 0.25) is 0 Å². The molecule has 0 bridgehead atoms. The van der Waals surface area contributed by atoms with Crippen LogP contribution in [0.25, 0.3) is 0 Å². The van der Waals surface area contributed by atoms with Gasteiger partial charge in [-0.1, -0.05) is 6.92 Å². The molecule has 3 heteroatoms. The molecule has 0 aromatic rings. The maximum Gasteiger partial charge on any atom is 0.100 e. The van der Waals surface area contributed by atoms with Gasteiger partial charge in [0.15, 0.2) is 0 Å². The lowest BCUT2D eigenvalue weighted by molar-refractivity contribution is -0.0425. The van der Waals surface area contributed by atoms with Gasteiger partial charge in [0.1, 0.15) is 16.8 Å². The van der Waals surface area contributed by atoms with Crippen molar-refractivity contribution in [2.24, 2.45) is 5.41 Å². The zero-order valence-corrected chi connectivity index (χ0v) is 10.1. The molecule has 0 aromatic heterocycles. The van der Waals surface area contributed by atoms with Crippen LogP contribution in [0.3, 0.4) is 0 Å². The van der Waals surface area contributed by atoms with E-state index in [1.54, 1.807) is 0 Å². The standard InChI is InChI=1S/C12H20O3/c1-5-12(9(2)6-13-9,10(3)7-14-10)11(4)8-15-11/h5-8H2,1-4H3. The SMILES string of the molecule is CCC(C1(C)CO1)(C1(C)CO1)C1(C)CO1. The van der Waals surface area contributed by atoms with Gasteiger partial charge in [0.05, 0.1) is 25.2 Å². The topological polar surface area (TPSA) is 37.6 Å². The van der Waals surface area contributed by atoms with Gasteiger partial charge in [-0.05, 0) is 27.2 Å². The average Bonchev–Trinajstić information content (AvgIpc) is 3.02. The molecule has 3 aliphatic rings. The van der Waals surface area contributed by atoms with E-state index in [1.807, 2.05) is 0 Å². The van der Waals surface area contributed by atoms with Crippen molar-refractivity contribution in [2.45, 2.75) is 50.9 Å². The van der Waals surface area contributed by atoms with Gasteiger partial charge in [0.25, 0.3) is 0 Å². The third kappa shape index (κ3) is 0.973. The first-order chi connectivity index (χ1) is 6.93. The Labute approximate surface area is 91.1 Å². The van der Waals surface area contributed by atoms with Gasteiger partial charge in [-0.25, -0.2) is 0 Å². The quantitative estimate of drug-likeness (QED) is 0.666. The summed E-state index contributed by atoms with van der Waals surface area (Å²) in [4.78, 5) is 0. The molecule has 3 fully saturated rings. The Bertz CT molecular complexity index is 252. The number of hydrogen-bond acceptors (Lipinski definition) is 3. The fraction of sp³-hybridized carbons (Fsp3) is 1.00. The van der Waals surface area contributed by atoms with E-state index in [0.29, 0.717) is 0 Å². The lowest BCUT2D eigenvalue weighted by Crippen LogP contribution is -2.56. The number of hydrogen-bond donors (Lipinski definition) is 0. The first-order valence-corrected chi connectivity index (χ1v) is 5.85. The van der Waals surface area contributed by atoms with Crippen LogP contribution in [0.5, 0.6) is 0 Å². The maximum absolute atomic E-state index is 5.73. The van der Waals surface area contributed by atoms with Crippen LogP contribution in [0, 0.1) is 5.41 Å². The molecule has 15 heavy (non-hydrogen) atoms. The van der Waals surface area contributed by atoms with Crippen LogP contribution in [0.1, 0.15) is 34.1 Å². The van der Waals surface area contributed by atoms with Crippen molar-refractivity contribution < 1.29 is 14.2 Å². The highest BCUT2D eigenvalue weighted by Gasteiger charge is 2.80. The molecule has 0 N–H and O–H groups in total. The van der Waals surface area contributed by atoms with Gasteiger partial charge in [-0.2, -0.15) is 0 Å². The Morgan fingerprint density at radius 2 is 1.13 bits per heavy atom. The molecular weight excluding hydrogens is 192 g/mol. The Kier molecular flexibility index (Phi) is 1.62. The fourth-order valence-electron chi connectivity index (χ4n) is 3.86. The summed E-state index contributed by atoms with van der Waals surface area (Å²) in [5.74, 6) is 0. The van der Waals surface area contributed by atoms with Crippen molar-refractivity contribution in [3.63, 3.8) is 0 Å². The summed E-state index contributed by atoms with van der Waals surface area (Å²) < 4.78 is 17.2. The Balaban J connectivity index is 2.06. The smallest absolute Gasteiger partial charge is 0.100 e. The van der Waals surface area contributed by atoms with Crippen molar-refractivity contribution in [3.05, 3.63) is 0 Å². The molecule has 0 amide bonds. The van der Waals surface area contributed by atoms with E-state index in [9.17, 15) is 0 Å². The largest absolute Gasteiger partial charge is 0.369 e. The summed E-state index contributed by atoms with van der Waals surface area (Å²) in [6.45, 7) is 11.4. The summed E-state index contributed by atoms with van der Waals surface area (Å²) >= 11 is 0. The summed E-state index contributed by atoms with van der Waals surface area (Å²) in [5.41, 5.74) is -0.109. The molecule has 0 spiro atoms. The van der Waals surface area contributed by atoms with E-state index < -0.39 is 0 Å². The van der Waals surface area contributed by atoms with Crippen LogP contribution in [0.15, 0.2) is 0 Å². The third-order valence-corrected chi connectivity index (χ3v) is 4.97. The maximum atomic E-state index is 5.73. The van der Waals surface area contributed by atoms with Crippen molar-refractivity contribution in [1.82, 2.24) is 0 Å². The van der Waals surface area contributed by atoms with Crippen molar-refractivity contribution in [1.29, 1.82) is 0 Å². The molecule has 0 aromatic carbocycles. The van der Waals surface area contributed by atoms with Gasteiger partial charge in [0, 0.05) is 0 Å². The minimum absolute atomic E-state index is 0.0208. The van der Waals surface area contributed by atoms with E-state index in [2.05, 4.69) is 27.7 Å². The fourth-order valence-corrected chi connectivity index (χ4v) is 3.86. The molecule has 3 rings (SSSR count). The first-order valence-electron chi connectivity index (χ1n) is 5.85. The average molecular weight is 212 g/mol. The van der Waals surface area contributed by atoms with E-state index in [4.69, 9.17) is 14.2 Å². The lowest BCUT2D eigenvalue weighted by Gasteiger charge is -2.43. The molecule has 3 nitrogen and oxygen atoms in total. The summed E-state index contributed by atoms with van der Waals surface area (Å²) in [7, 11) is 0. The highest BCUT2D eigenvalue weighted by atomic mass is 16.6. The second-order valence-electron chi connectivity index (χ2n) is 5.82. The Hall–Kier alpha value is -0.120. The molecule has 86 valence electrons. The molecule has 0 aliphatic carbocycles. The predicted molar refractivity (Wildman–Crippen MR) is 55.8 cm³/mol. The number of epoxide rings is 3. The molecule has 3 unspecified atom stereocenters. The summed E-state index contributed by atoms with van der Waals surface area (Å²) in [6.07, 6.45) is 1.05. The van der Waals surface area contributed by atoms with Gasteiger partial charge in [-0.3, -0.25) is 0 Å². The number of rotatable bonds is 4. The monoisotopic (exact) mass is 212 g/mol. The first kappa shape index (κ1) is 10.1. The second-order valence-corrected chi connectivity index (χ2v) is 5.82. The summed E-state index contributed by atoms with van der Waals surface area (Å²) in [6, 6.07) is 0. The highest BCUT2D eigenvalue weighted by Crippen LogP contribution is 2.68. The molecule has 0 saturated carbocycles. The zero-order valence-electron chi connectivity index (χ0n) is 10.1. The van der Waals surface area contributed by atoms with Crippen molar-refractivity contribution >= 4 is 0 Å². The van der Waals surface area contributed by atoms with Gasteiger partial charge in [-0.15, -0.1) is 0 Å². The van der Waals surface area contributed by atoms with Crippen molar-refractivity contribution in [2.75, 3.05) is 19.8 Å². The van der Waals surface area contributed by atoms with E-state index in [0.717, 1.165) is 26.2 Å². The second kappa shape index (κ2) is 2.41. The number of ether oxygens (including phenoxy) is 3. The van der Waals surface area contributed by atoms with Crippen LogP contribution in [-0.2, 0) is 14.2 Å². The third-order valence-electron chi connectivity index (χ3n) is 4.97. The minimum atomic E-state index is -0.0434. The van der Waals surface area contributed by atoms with Crippen LogP contribution in [0.2, 0.25) is 0 Å². The van der Waals surface area contributed by atoms with E-state index in [-0.39, 0.29) is 22.2 Å². The Morgan fingerprint density at radius 1 is 0.867 bits per heavy atom. The molecule has 3 heterocycles. The molecule has 3 aliphatic heterocycles. The lowest BCUT2D eigenvalue weighted by atomic mass is 9.58. The molecule has 3 saturated heterocycles. The van der Waals surface area contributed by atoms with Crippen LogP contribution in [0.4, 0.5) is 0 Å². The van der Waals surface area contributed by atoms with Crippen LogP contribution < -0.4 is 0 Å². The van der Waals surface area contributed by atoms with E-state index >= 15 is 0 Å². The Morgan fingerprint density at radius 3 is 1.27 bits per heavy atom. The van der Waals surface area contributed by atoms with Crippen molar-refractivity contribution in [3.8, 4) is 0 Å². The van der Waals surface area contributed by atoms with E-state index in [1.165, 1.54) is 0 Å². The minimum Gasteiger partial charge on any atom is -0.369 e. The molecular formula is C12H20O3.